The second-order valence-corrected chi connectivity index (χ2v) is 7.04. The first-order valence-electron chi connectivity index (χ1n) is 7.77. The van der Waals surface area contributed by atoms with Crippen LogP contribution in [0.4, 0.5) is 0 Å². The molecule has 2 unspecified atom stereocenters. The Hall–Kier alpha value is -0.870. The molecule has 1 aliphatic rings. The van der Waals surface area contributed by atoms with Gasteiger partial charge in [0.05, 0.1) is 18.3 Å². The number of hydrogen-bond acceptors (Lipinski definition) is 4. The van der Waals surface area contributed by atoms with Crippen molar-refractivity contribution in [2.24, 2.45) is 5.92 Å². The molecule has 0 radical (unpaired) electrons. The fraction of sp³-hybridized carbons (Fsp3) is 0.824. The molecule has 0 aromatic heterocycles. The van der Waals surface area contributed by atoms with E-state index in [0.717, 1.165) is 25.9 Å². The standard InChI is InChI=1S/C17H30O4/c1-7-15(18)21-17(5,6)13(2)12-20-16(3,4)11-14-9-8-10-19-14/h7,13-14H,1,8-12H2,2-6H3. The van der Waals surface area contributed by atoms with Gasteiger partial charge in [0, 0.05) is 25.0 Å². The number of esters is 1. The van der Waals surface area contributed by atoms with Crippen molar-refractivity contribution in [1.82, 2.24) is 0 Å². The molecular formula is C17H30O4. The predicted molar refractivity (Wildman–Crippen MR) is 83.2 cm³/mol. The first-order valence-corrected chi connectivity index (χ1v) is 7.77. The van der Waals surface area contributed by atoms with Gasteiger partial charge in [-0.15, -0.1) is 0 Å². The zero-order chi connectivity index (χ0) is 16.1. The second-order valence-electron chi connectivity index (χ2n) is 7.04. The van der Waals surface area contributed by atoms with Gasteiger partial charge in [-0.05, 0) is 40.5 Å². The van der Waals surface area contributed by atoms with Crippen LogP contribution in [0.3, 0.4) is 0 Å². The third-order valence-corrected chi connectivity index (χ3v) is 4.18. The summed E-state index contributed by atoms with van der Waals surface area (Å²) in [6.07, 6.45) is 4.65. The summed E-state index contributed by atoms with van der Waals surface area (Å²) in [7, 11) is 0. The highest BCUT2D eigenvalue weighted by molar-refractivity contribution is 5.81. The van der Waals surface area contributed by atoms with Gasteiger partial charge in [0.2, 0.25) is 0 Å². The first kappa shape index (κ1) is 18.2. The lowest BCUT2D eigenvalue weighted by atomic mass is 9.92. The largest absolute Gasteiger partial charge is 0.456 e. The summed E-state index contributed by atoms with van der Waals surface area (Å²) in [5.74, 6) is -0.310. The van der Waals surface area contributed by atoms with Crippen LogP contribution < -0.4 is 0 Å². The topological polar surface area (TPSA) is 44.8 Å². The van der Waals surface area contributed by atoms with Crippen LogP contribution in [0.1, 0.15) is 53.9 Å². The zero-order valence-corrected chi connectivity index (χ0v) is 14.1. The molecule has 1 rings (SSSR count). The van der Waals surface area contributed by atoms with Crippen molar-refractivity contribution < 1.29 is 19.0 Å². The Balaban J connectivity index is 2.44. The van der Waals surface area contributed by atoms with Crippen LogP contribution in [0.15, 0.2) is 12.7 Å². The van der Waals surface area contributed by atoms with E-state index in [0.29, 0.717) is 12.7 Å². The first-order chi connectivity index (χ1) is 9.66. The Kier molecular flexibility index (Phi) is 6.41. The van der Waals surface area contributed by atoms with E-state index in [9.17, 15) is 4.79 Å². The minimum absolute atomic E-state index is 0.0881. The smallest absolute Gasteiger partial charge is 0.330 e. The molecule has 1 aliphatic heterocycles. The summed E-state index contributed by atoms with van der Waals surface area (Å²) in [6.45, 7) is 14.8. The van der Waals surface area contributed by atoms with E-state index in [1.807, 2.05) is 20.8 Å². The van der Waals surface area contributed by atoms with Crippen LogP contribution in [0.25, 0.3) is 0 Å². The average molecular weight is 298 g/mol. The van der Waals surface area contributed by atoms with E-state index < -0.39 is 11.6 Å². The van der Waals surface area contributed by atoms with Crippen molar-refractivity contribution in [1.29, 1.82) is 0 Å². The maximum Gasteiger partial charge on any atom is 0.330 e. The molecule has 0 aromatic rings. The molecule has 4 heteroatoms. The highest BCUT2D eigenvalue weighted by Gasteiger charge is 2.33. The van der Waals surface area contributed by atoms with Crippen LogP contribution >= 0.6 is 0 Å². The highest BCUT2D eigenvalue weighted by atomic mass is 16.6. The quantitative estimate of drug-likeness (QED) is 0.508. The lowest BCUT2D eigenvalue weighted by Crippen LogP contribution is -2.40. The Morgan fingerprint density at radius 2 is 2.10 bits per heavy atom. The van der Waals surface area contributed by atoms with Crippen LogP contribution in [0, 0.1) is 5.92 Å². The summed E-state index contributed by atoms with van der Waals surface area (Å²) < 4.78 is 17.1. The summed E-state index contributed by atoms with van der Waals surface area (Å²) in [5.41, 5.74) is -0.812. The van der Waals surface area contributed by atoms with Crippen molar-refractivity contribution in [3.8, 4) is 0 Å². The van der Waals surface area contributed by atoms with Crippen LogP contribution in [0.5, 0.6) is 0 Å². The maximum absolute atomic E-state index is 11.4. The molecule has 1 fully saturated rings. The number of rotatable bonds is 8. The molecule has 21 heavy (non-hydrogen) atoms. The van der Waals surface area contributed by atoms with Gasteiger partial charge >= 0.3 is 5.97 Å². The molecule has 0 amide bonds. The van der Waals surface area contributed by atoms with E-state index in [2.05, 4.69) is 20.4 Å². The molecular weight excluding hydrogens is 268 g/mol. The summed E-state index contributed by atoms with van der Waals surface area (Å²) >= 11 is 0. The van der Waals surface area contributed by atoms with Crippen molar-refractivity contribution >= 4 is 5.97 Å². The molecule has 0 aromatic carbocycles. The van der Waals surface area contributed by atoms with Crippen LogP contribution in [-0.2, 0) is 19.0 Å². The fourth-order valence-corrected chi connectivity index (χ4v) is 2.37. The Bertz CT molecular complexity index is 354. The Morgan fingerprint density at radius 1 is 1.43 bits per heavy atom. The van der Waals surface area contributed by atoms with Gasteiger partial charge < -0.3 is 14.2 Å². The van der Waals surface area contributed by atoms with Crippen molar-refractivity contribution in [2.45, 2.75) is 71.2 Å². The molecule has 0 N–H and O–H groups in total. The van der Waals surface area contributed by atoms with Gasteiger partial charge in [0.15, 0.2) is 0 Å². The highest BCUT2D eigenvalue weighted by Crippen LogP contribution is 2.28. The third-order valence-electron chi connectivity index (χ3n) is 4.18. The van der Waals surface area contributed by atoms with Crippen molar-refractivity contribution in [3.63, 3.8) is 0 Å². The molecule has 0 bridgehead atoms. The molecule has 4 nitrogen and oxygen atoms in total. The van der Waals surface area contributed by atoms with Gasteiger partial charge in [-0.25, -0.2) is 4.79 Å². The Morgan fingerprint density at radius 3 is 2.62 bits per heavy atom. The fourth-order valence-electron chi connectivity index (χ4n) is 2.37. The summed E-state index contributed by atoms with van der Waals surface area (Å²) in [4.78, 5) is 11.4. The number of ether oxygens (including phenoxy) is 3. The van der Waals surface area contributed by atoms with E-state index in [1.165, 1.54) is 6.08 Å². The van der Waals surface area contributed by atoms with E-state index in [1.54, 1.807) is 0 Å². The van der Waals surface area contributed by atoms with Crippen LogP contribution in [-0.4, -0.2) is 36.5 Å². The van der Waals surface area contributed by atoms with Gasteiger partial charge in [0.25, 0.3) is 0 Å². The number of carbonyl (C=O) groups is 1. The maximum atomic E-state index is 11.4. The predicted octanol–water partition coefficient (Wildman–Crippen LogP) is 3.49. The van der Waals surface area contributed by atoms with Crippen LogP contribution in [0.2, 0.25) is 0 Å². The molecule has 0 aliphatic carbocycles. The molecule has 0 saturated carbocycles. The average Bonchev–Trinajstić information content (AvgIpc) is 2.87. The second kappa shape index (κ2) is 7.41. The van der Waals surface area contributed by atoms with E-state index >= 15 is 0 Å². The van der Waals surface area contributed by atoms with E-state index in [4.69, 9.17) is 14.2 Å². The molecule has 2 atom stereocenters. The third kappa shape index (κ3) is 6.18. The zero-order valence-electron chi connectivity index (χ0n) is 14.1. The minimum atomic E-state index is -0.578. The molecule has 1 heterocycles. The summed E-state index contributed by atoms with van der Waals surface area (Å²) in [5, 5.41) is 0. The SMILES string of the molecule is C=CC(=O)OC(C)(C)C(C)COC(C)(C)CC1CCCO1. The molecule has 0 spiro atoms. The summed E-state index contributed by atoms with van der Waals surface area (Å²) in [6, 6.07) is 0. The molecule has 1 saturated heterocycles. The minimum Gasteiger partial charge on any atom is -0.456 e. The normalized spacial score (nSPS) is 21.1. The molecule has 122 valence electrons. The monoisotopic (exact) mass is 298 g/mol. The van der Waals surface area contributed by atoms with Gasteiger partial charge in [-0.1, -0.05) is 13.5 Å². The van der Waals surface area contributed by atoms with Gasteiger partial charge in [0.1, 0.15) is 5.60 Å². The van der Waals surface area contributed by atoms with Crippen molar-refractivity contribution in [2.75, 3.05) is 13.2 Å². The van der Waals surface area contributed by atoms with Gasteiger partial charge in [-0.2, -0.15) is 0 Å². The Labute approximate surface area is 128 Å². The lowest BCUT2D eigenvalue weighted by Gasteiger charge is -2.35. The number of hydrogen-bond donors (Lipinski definition) is 0. The number of carbonyl (C=O) groups excluding carboxylic acids is 1. The van der Waals surface area contributed by atoms with Crippen molar-refractivity contribution in [3.05, 3.63) is 12.7 Å². The van der Waals surface area contributed by atoms with Gasteiger partial charge in [-0.3, -0.25) is 0 Å². The van der Waals surface area contributed by atoms with E-state index in [-0.39, 0.29) is 11.5 Å². The lowest BCUT2D eigenvalue weighted by molar-refractivity contribution is -0.160.